The summed E-state index contributed by atoms with van der Waals surface area (Å²) in [5.74, 6) is 0.364. The Labute approximate surface area is 877 Å². The average Bonchev–Trinajstić information content (AvgIpc) is 0.861. The van der Waals surface area contributed by atoms with Crippen LogP contribution < -0.4 is 47.3 Å². The molecular formula is C105H142F5N21O13S4. The first-order valence-electron chi connectivity index (χ1n) is 51.5. The van der Waals surface area contributed by atoms with E-state index in [4.69, 9.17) is 4.74 Å². The van der Waals surface area contributed by atoms with Gasteiger partial charge in [0.15, 0.2) is 31.6 Å². The Bertz CT molecular complexity index is 6020. The second-order valence-electron chi connectivity index (χ2n) is 42.8. The van der Waals surface area contributed by atoms with Crippen molar-refractivity contribution in [1.29, 1.82) is 5.26 Å². The number of carbonyl (C=O) groups excluding carboxylic acids is 8. The van der Waals surface area contributed by atoms with E-state index in [-0.39, 0.29) is 169 Å². The first-order valence-corrected chi connectivity index (χ1v) is 54.8. The number of hydrogen-bond acceptors (Lipinski definition) is 30. The number of amides is 8. The van der Waals surface area contributed by atoms with Crippen molar-refractivity contribution in [2.45, 2.75) is 321 Å². The highest BCUT2D eigenvalue weighted by Crippen LogP contribution is 2.44. The minimum Gasteiger partial charge on any atom is -0.493 e. The van der Waals surface area contributed by atoms with Gasteiger partial charge in [-0.05, 0) is 234 Å². The molecule has 148 heavy (non-hydrogen) atoms. The van der Waals surface area contributed by atoms with E-state index in [1.165, 1.54) is 38.5 Å². The number of carbonyl (C=O) groups is 8. The molecule has 8 aromatic heterocycles. The average molecular weight is 2130 g/mol. The van der Waals surface area contributed by atoms with Crippen LogP contribution in [-0.4, -0.2) is 290 Å². The molecule has 16 rings (SSSR count). The molecule has 8 amide bonds. The number of nitriles is 1. The first-order chi connectivity index (χ1) is 70.1. The number of anilines is 4. The summed E-state index contributed by atoms with van der Waals surface area (Å²) in [6, 6.07) is 8.44. The molecule has 0 bridgehead atoms. The van der Waals surface area contributed by atoms with Gasteiger partial charge in [0.1, 0.15) is 76.7 Å². The van der Waals surface area contributed by atoms with Gasteiger partial charge >= 0.3 is 0 Å². The number of methoxy groups -OCH3 is 1. The minimum atomic E-state index is -1.32. The van der Waals surface area contributed by atoms with Crippen LogP contribution in [0.25, 0.3) is 41.8 Å². The van der Waals surface area contributed by atoms with E-state index in [0.717, 1.165) is 126 Å². The fourth-order valence-corrected chi connectivity index (χ4v) is 22.6. The fraction of sp³-hybridized carbons (Fsp3) is 0.610. The lowest BCUT2D eigenvalue weighted by molar-refractivity contribution is 0.0652. The summed E-state index contributed by atoms with van der Waals surface area (Å²) in [6.07, 6.45) is 22.0. The van der Waals surface area contributed by atoms with Gasteiger partial charge in [-0.1, -0.05) is 51.4 Å². The molecular weight excluding hydrogens is 1990 g/mol. The van der Waals surface area contributed by atoms with E-state index in [1.54, 1.807) is 127 Å². The van der Waals surface area contributed by atoms with E-state index in [9.17, 15) is 81.6 Å². The molecule has 8 aromatic rings. The molecule has 8 aliphatic rings. The van der Waals surface area contributed by atoms with Gasteiger partial charge in [-0.2, -0.15) is 5.26 Å². The van der Waals surface area contributed by atoms with Crippen LogP contribution in [0.4, 0.5) is 45.2 Å². The number of thiazole rings is 4. The second kappa shape index (κ2) is 50.2. The Morgan fingerprint density at radius 1 is 0.446 bits per heavy atom. The van der Waals surface area contributed by atoms with Crippen molar-refractivity contribution in [3.8, 4) is 53.6 Å². The Morgan fingerprint density at radius 2 is 0.777 bits per heavy atom. The summed E-state index contributed by atoms with van der Waals surface area (Å²) in [7, 11) is 1.57. The zero-order valence-corrected chi connectivity index (χ0v) is 90.3. The van der Waals surface area contributed by atoms with Crippen LogP contribution in [0.3, 0.4) is 0 Å². The summed E-state index contributed by atoms with van der Waals surface area (Å²) < 4.78 is 75.4. The minimum absolute atomic E-state index is 0.00867. The van der Waals surface area contributed by atoms with Crippen molar-refractivity contribution in [3.63, 3.8) is 0 Å². The number of ether oxygens (including phenoxy) is 1. The molecule has 3 atom stereocenters. The van der Waals surface area contributed by atoms with E-state index < -0.39 is 76.4 Å². The number of hydrogen-bond donors (Lipinski definition) is 12. The number of rotatable bonds is 30. The van der Waals surface area contributed by atoms with Gasteiger partial charge < -0.3 is 87.3 Å². The van der Waals surface area contributed by atoms with Crippen LogP contribution in [-0.2, 0) is 0 Å². The number of piperidine rings is 4. The lowest BCUT2D eigenvalue weighted by Crippen LogP contribution is -2.43. The highest BCUT2D eigenvalue weighted by atomic mass is 32.1. The van der Waals surface area contributed by atoms with Crippen LogP contribution in [0.1, 0.15) is 327 Å². The summed E-state index contributed by atoms with van der Waals surface area (Å²) in [5.41, 5.74) is 0.0823. The SMILES string of the molecule is COc1cc(-c2sc(C(=O)NCC(C)(C)O)nc2C(=O)N2CCC(F)CC2)cnc1NC1CCCCC1.Cc1c(-c2sc(C(=O)NCC(C)(C)O)nc2C(=O)N2CCC(F)CC2)cnc(NC2CCCCC2)c1C#N.Cc1cc(NC2CCCCC2(C)F)ncc1-c1sc(C(=O)NCC(C)(C)O)nc1C(=O)N1CCC(F)CC1.Cc1cc(N[C@H](C)C2CC2)ncc1-c1sc(C(=O)NCC(C)(C)O)nc1C(=O)N1CCC(F)CC1. The van der Waals surface area contributed by atoms with Crippen LogP contribution in [0.15, 0.2) is 43.0 Å². The molecule has 2 unspecified atom stereocenters. The van der Waals surface area contributed by atoms with Gasteiger partial charge in [-0.3, -0.25) is 38.4 Å². The Hall–Kier alpha value is -11.1. The number of likely N-dealkylation sites (tertiary alicyclic amines) is 4. The van der Waals surface area contributed by atoms with E-state index >= 15 is 4.39 Å². The number of pyridine rings is 4. The van der Waals surface area contributed by atoms with Crippen molar-refractivity contribution in [2.24, 2.45) is 5.92 Å². The van der Waals surface area contributed by atoms with E-state index in [1.807, 2.05) is 26.0 Å². The monoisotopic (exact) mass is 2130 g/mol. The van der Waals surface area contributed by atoms with Crippen molar-refractivity contribution < 1.29 is 85.5 Å². The lowest BCUT2D eigenvalue weighted by Gasteiger charge is -2.35. The Morgan fingerprint density at radius 3 is 1.13 bits per heavy atom. The van der Waals surface area contributed by atoms with Crippen molar-refractivity contribution in [1.82, 2.24) is 80.7 Å². The normalized spacial score (nSPS) is 18.9. The number of nitrogens with zero attached hydrogens (tertiary/aromatic N) is 13. The molecule has 4 saturated heterocycles. The molecule has 43 heteroatoms. The summed E-state index contributed by atoms with van der Waals surface area (Å²) in [4.78, 5) is 149. The lowest BCUT2D eigenvalue weighted by atomic mass is 9.83. The molecule has 0 radical (unpaired) electrons. The molecule has 12 N–H and O–H groups in total. The third-order valence-corrected chi connectivity index (χ3v) is 31.8. The molecule has 4 aliphatic carbocycles. The quantitative estimate of drug-likeness (QED) is 0.0186. The van der Waals surface area contributed by atoms with Crippen LogP contribution in [0, 0.1) is 38.0 Å². The van der Waals surface area contributed by atoms with Crippen LogP contribution >= 0.6 is 45.3 Å². The van der Waals surface area contributed by atoms with Crippen LogP contribution in [0.5, 0.6) is 5.75 Å². The molecule has 34 nitrogen and oxygen atoms in total. The molecule has 8 fully saturated rings. The zero-order valence-electron chi connectivity index (χ0n) is 87.0. The van der Waals surface area contributed by atoms with E-state index in [0.29, 0.717) is 134 Å². The Kier molecular flexibility index (Phi) is 38.7. The van der Waals surface area contributed by atoms with Crippen molar-refractivity contribution in [2.75, 3.05) is 107 Å². The second-order valence-corrected chi connectivity index (χ2v) is 46.8. The summed E-state index contributed by atoms with van der Waals surface area (Å²) in [5, 5.41) is 74.6. The maximum Gasteiger partial charge on any atom is 0.280 e. The maximum absolute atomic E-state index is 15.0. The first kappa shape index (κ1) is 114. The van der Waals surface area contributed by atoms with Crippen LogP contribution in [0.2, 0.25) is 0 Å². The maximum atomic E-state index is 15.0. The topological polar surface area (TPSA) is 463 Å². The smallest absolute Gasteiger partial charge is 0.280 e. The van der Waals surface area contributed by atoms with Gasteiger partial charge in [-0.15, -0.1) is 45.3 Å². The van der Waals surface area contributed by atoms with Gasteiger partial charge in [0.05, 0.1) is 60.6 Å². The number of nitrogens with one attached hydrogen (secondary N) is 8. The predicted molar refractivity (Wildman–Crippen MR) is 564 cm³/mol. The third-order valence-electron chi connectivity index (χ3n) is 27.5. The number of halogens is 5. The van der Waals surface area contributed by atoms with Crippen molar-refractivity contribution in [3.05, 3.63) is 108 Å². The largest absolute Gasteiger partial charge is 0.493 e. The summed E-state index contributed by atoms with van der Waals surface area (Å²) in [6.45, 7) is 24.5. The standard InChI is InChI=1S/C27H37F2N5O3S.C27H35FN6O3S.C26H36FN5O4S.C25H34FN5O3S/c1-16-13-20(32-19-7-5-6-10-27(19,4)29)30-14-18(16)22-21(25(36)34-11-8-17(28)9-12-34)33-24(38-22)23(35)31-15-26(2,3)37;1-16-19(13-29)23(32-18-7-5-4-6-8-18)30-14-20(16)22-21(26(36)34-11-9-17(28)10-12-34)33-25(38-22)24(35)31-15-27(2,3)37;1-26(2,35)15-29-23(33)24-31-20(25(34)32-11-9-17(27)10-12-32)21(37-24)16-13-19(36-3)22(28-14-16)30-18-7-5-4-6-8-18;1-14-11-19(29-15(2)16-5-6-16)27-12-18(14)21-20(24(33)31-9-7-17(26)8-10-31)30-23(35-21)22(32)28-13-25(3,4)34/h13-14,17,19,37H,5-12,15H2,1-4H3,(H,30,32)(H,31,35);14,17-18,37H,4-12,15H2,1-3H3,(H,30,32)(H,31,35);13-14,17-18,35H,4-12,15H2,1-3H3,(H,28,30)(H,29,33);11-12,15-17,34H,5-10,13H2,1-4H3,(H,27,29)(H,28,32)/t;;;15-/m...1/s1. The van der Waals surface area contributed by atoms with Crippen molar-refractivity contribution >= 4 is 116 Å². The van der Waals surface area contributed by atoms with Gasteiger partial charge in [0.2, 0.25) is 0 Å². The predicted octanol–water partition coefficient (Wildman–Crippen LogP) is 16.7. The number of alkyl halides is 5. The fourth-order valence-electron chi connectivity index (χ4n) is 18.5. The highest BCUT2D eigenvalue weighted by Gasteiger charge is 2.41. The zero-order chi connectivity index (χ0) is 107. The van der Waals surface area contributed by atoms with Gasteiger partial charge in [0, 0.05) is 144 Å². The molecule has 12 heterocycles. The summed E-state index contributed by atoms with van der Waals surface area (Å²) >= 11 is 4.32. The number of aryl methyl sites for hydroxylation is 2. The molecule has 804 valence electrons. The molecule has 0 spiro atoms. The Balaban J connectivity index is 0.000000165. The molecule has 4 saturated carbocycles. The molecule has 0 aromatic carbocycles. The van der Waals surface area contributed by atoms with E-state index in [2.05, 4.69) is 95.4 Å². The number of aliphatic hydroxyl groups is 4. The third kappa shape index (κ3) is 31.3. The number of aromatic nitrogens is 8. The molecule has 4 aliphatic heterocycles. The van der Waals surface area contributed by atoms with Gasteiger partial charge in [0.25, 0.3) is 47.3 Å². The van der Waals surface area contributed by atoms with Gasteiger partial charge in [-0.25, -0.2) is 61.8 Å². The highest BCUT2D eigenvalue weighted by molar-refractivity contribution is 7.18.